The minimum Gasteiger partial charge on any atom is -0.481 e. The van der Waals surface area contributed by atoms with Gasteiger partial charge < -0.3 is 19.4 Å². The molecule has 1 aliphatic heterocycles. The number of carboxylic acid groups (broad SMARTS) is 1. The monoisotopic (exact) mass is 506 g/mol. The van der Waals surface area contributed by atoms with Gasteiger partial charge in [-0.25, -0.2) is 0 Å². The molecule has 0 saturated carbocycles. The summed E-state index contributed by atoms with van der Waals surface area (Å²) in [6, 6.07) is 0.852. The highest BCUT2D eigenvalue weighted by atomic mass is 32.1. The highest BCUT2D eigenvalue weighted by molar-refractivity contribution is 7.80. The zero-order valence-corrected chi connectivity index (χ0v) is 23.6. The Morgan fingerprint density at radius 2 is 1.33 bits per heavy atom. The topological polar surface area (TPSA) is 76.0 Å². The molecule has 0 aromatic carbocycles. The summed E-state index contributed by atoms with van der Waals surface area (Å²) in [7, 11) is -2.22. The van der Waals surface area contributed by atoms with Crippen LogP contribution in [0, 0.1) is 0 Å². The number of hydrogen-bond acceptors (Lipinski definition) is 5. The predicted octanol–water partition coefficient (Wildman–Crippen LogP) is 7.16. The van der Waals surface area contributed by atoms with Gasteiger partial charge in [0.1, 0.15) is 0 Å². The highest BCUT2D eigenvalue weighted by Crippen LogP contribution is 2.19. The third-order valence-electron chi connectivity index (χ3n) is 6.34. The number of rotatable bonds is 20. The SMILES string of the molecule is CCCCCCCCCCCCCCCCCC(=O)O.C[Si](O)(CCCS)C1COCCO1. The molecule has 198 valence electrons. The van der Waals surface area contributed by atoms with Crippen LogP contribution in [0.5, 0.6) is 0 Å². The Labute approximate surface area is 210 Å². The van der Waals surface area contributed by atoms with E-state index in [4.69, 9.17) is 14.6 Å². The predicted molar refractivity (Wildman–Crippen MR) is 145 cm³/mol. The van der Waals surface area contributed by atoms with Crippen LogP contribution in [0.15, 0.2) is 0 Å². The molecule has 2 unspecified atom stereocenters. The van der Waals surface area contributed by atoms with E-state index in [0.717, 1.165) is 31.1 Å². The quantitative estimate of drug-likeness (QED) is 0.0927. The first-order valence-electron chi connectivity index (χ1n) is 13.7. The molecule has 7 heteroatoms. The van der Waals surface area contributed by atoms with Gasteiger partial charge in [-0.3, -0.25) is 4.79 Å². The largest absolute Gasteiger partial charge is 0.481 e. The Bertz CT molecular complexity index is 431. The van der Waals surface area contributed by atoms with Crippen molar-refractivity contribution in [3.05, 3.63) is 0 Å². The van der Waals surface area contributed by atoms with Crippen molar-refractivity contribution in [1.29, 1.82) is 0 Å². The first-order valence-corrected chi connectivity index (χ1v) is 17.0. The van der Waals surface area contributed by atoms with Crippen LogP contribution in [0.1, 0.15) is 116 Å². The van der Waals surface area contributed by atoms with Gasteiger partial charge in [-0.1, -0.05) is 96.8 Å². The number of unbranched alkanes of at least 4 members (excludes halogenated alkanes) is 14. The molecule has 1 aliphatic rings. The number of thiol groups is 1. The lowest BCUT2D eigenvalue weighted by atomic mass is 10.0. The van der Waals surface area contributed by atoms with Gasteiger partial charge in [0.15, 0.2) is 0 Å². The van der Waals surface area contributed by atoms with Crippen LogP contribution < -0.4 is 0 Å². The summed E-state index contributed by atoms with van der Waals surface area (Å²) in [5.41, 5.74) is -0.0406. The molecular weight excluding hydrogens is 452 g/mol. The Kier molecular flexibility index (Phi) is 23.6. The van der Waals surface area contributed by atoms with Gasteiger partial charge >= 0.3 is 5.97 Å². The molecule has 0 bridgehead atoms. The average molecular weight is 507 g/mol. The number of ether oxygens (including phenoxy) is 2. The molecule has 33 heavy (non-hydrogen) atoms. The van der Waals surface area contributed by atoms with Gasteiger partial charge in [-0.15, -0.1) is 0 Å². The maximum atomic E-state index is 10.3. The van der Waals surface area contributed by atoms with E-state index in [1.54, 1.807) is 0 Å². The lowest BCUT2D eigenvalue weighted by Gasteiger charge is -2.33. The van der Waals surface area contributed by atoms with Crippen LogP contribution in [0.3, 0.4) is 0 Å². The van der Waals surface area contributed by atoms with E-state index < -0.39 is 14.3 Å². The maximum absolute atomic E-state index is 10.3. The Hall–Kier alpha value is -0.0831. The van der Waals surface area contributed by atoms with E-state index in [-0.39, 0.29) is 5.73 Å². The van der Waals surface area contributed by atoms with Crippen LogP contribution >= 0.6 is 12.6 Å². The van der Waals surface area contributed by atoms with Crippen LogP contribution in [0.2, 0.25) is 12.6 Å². The summed E-state index contributed by atoms with van der Waals surface area (Å²) < 4.78 is 10.8. The fourth-order valence-electron chi connectivity index (χ4n) is 4.09. The van der Waals surface area contributed by atoms with Gasteiger partial charge in [0.05, 0.1) is 25.5 Å². The lowest BCUT2D eigenvalue weighted by Crippen LogP contribution is -2.51. The summed E-state index contributed by atoms with van der Waals surface area (Å²) in [4.78, 5) is 20.5. The highest BCUT2D eigenvalue weighted by Gasteiger charge is 2.37. The molecule has 1 rings (SSSR count). The molecule has 2 N–H and O–H groups in total. The van der Waals surface area contributed by atoms with Gasteiger partial charge in [-0.2, -0.15) is 12.6 Å². The van der Waals surface area contributed by atoms with Crippen molar-refractivity contribution in [2.24, 2.45) is 0 Å². The zero-order chi connectivity index (χ0) is 24.6. The van der Waals surface area contributed by atoms with E-state index in [1.807, 2.05) is 6.55 Å². The minimum atomic E-state index is -2.22. The average Bonchev–Trinajstić information content (AvgIpc) is 2.81. The Morgan fingerprint density at radius 1 is 0.848 bits per heavy atom. The van der Waals surface area contributed by atoms with Crippen LogP contribution in [-0.2, 0) is 14.3 Å². The smallest absolute Gasteiger partial charge is 0.303 e. The molecule has 0 amide bonds. The normalized spacial score (nSPS) is 17.8. The second-order valence-electron chi connectivity index (χ2n) is 9.71. The number of aliphatic carboxylic acids is 1. The third-order valence-corrected chi connectivity index (χ3v) is 9.75. The van der Waals surface area contributed by atoms with E-state index in [9.17, 15) is 9.59 Å². The standard InChI is InChI=1S/C18H36O2.C8H18O3SSi/c1-2-3-4-5-6-7-8-9-10-11-12-13-14-15-16-17-18(19)20;1-13(9,6-2-5-12)8-7-10-3-4-11-8/h2-17H2,1H3,(H,19,20);8-9,12H,2-7H2,1H3. The van der Waals surface area contributed by atoms with Gasteiger partial charge in [0.2, 0.25) is 8.32 Å². The van der Waals surface area contributed by atoms with Crippen molar-refractivity contribution in [2.75, 3.05) is 25.6 Å². The van der Waals surface area contributed by atoms with E-state index >= 15 is 0 Å². The van der Waals surface area contributed by atoms with Crippen molar-refractivity contribution in [2.45, 2.75) is 134 Å². The van der Waals surface area contributed by atoms with Gasteiger partial charge in [0.25, 0.3) is 0 Å². The summed E-state index contributed by atoms with van der Waals surface area (Å²) in [5.74, 6) is 0.177. The van der Waals surface area contributed by atoms with Crippen molar-refractivity contribution >= 4 is 26.9 Å². The van der Waals surface area contributed by atoms with Crippen LogP contribution in [-0.4, -0.2) is 55.5 Å². The number of hydrogen-bond donors (Lipinski definition) is 3. The molecule has 0 aromatic heterocycles. The van der Waals surface area contributed by atoms with Crippen molar-refractivity contribution in [1.82, 2.24) is 0 Å². The molecule has 0 aromatic rings. The molecule has 1 saturated heterocycles. The molecule has 0 radical (unpaired) electrons. The second kappa shape index (κ2) is 23.6. The van der Waals surface area contributed by atoms with Gasteiger partial charge in [0, 0.05) is 6.42 Å². The summed E-state index contributed by atoms with van der Waals surface area (Å²) in [5, 5.41) is 8.52. The second-order valence-corrected chi connectivity index (χ2v) is 14.0. The number of carbonyl (C=O) groups is 1. The molecule has 1 heterocycles. The van der Waals surface area contributed by atoms with E-state index in [2.05, 4.69) is 19.6 Å². The van der Waals surface area contributed by atoms with Crippen molar-refractivity contribution in [3.8, 4) is 0 Å². The van der Waals surface area contributed by atoms with Crippen molar-refractivity contribution < 1.29 is 24.2 Å². The minimum absolute atomic E-state index is 0.0406. The summed E-state index contributed by atoms with van der Waals surface area (Å²) >= 11 is 4.14. The molecule has 1 fully saturated rings. The maximum Gasteiger partial charge on any atom is 0.303 e. The van der Waals surface area contributed by atoms with Crippen molar-refractivity contribution in [3.63, 3.8) is 0 Å². The van der Waals surface area contributed by atoms with Crippen LogP contribution in [0.25, 0.3) is 0 Å². The molecular formula is C26H54O5SSi. The fraction of sp³-hybridized carbons (Fsp3) is 0.962. The van der Waals surface area contributed by atoms with Gasteiger partial charge in [-0.05, 0) is 31.2 Å². The van der Waals surface area contributed by atoms with E-state index in [0.29, 0.717) is 26.2 Å². The van der Waals surface area contributed by atoms with Crippen LogP contribution in [0.4, 0.5) is 0 Å². The molecule has 5 nitrogen and oxygen atoms in total. The fourth-order valence-corrected chi connectivity index (χ4v) is 6.72. The Morgan fingerprint density at radius 3 is 1.73 bits per heavy atom. The number of carboxylic acids is 1. The summed E-state index contributed by atoms with van der Waals surface area (Å²) in [6.07, 6.45) is 21.2. The van der Waals surface area contributed by atoms with E-state index in [1.165, 1.54) is 83.5 Å². The Balaban J connectivity index is 0.000000676. The summed E-state index contributed by atoms with van der Waals surface area (Å²) in [6.45, 7) is 6.05. The first kappa shape index (κ1) is 32.9. The lowest BCUT2D eigenvalue weighted by molar-refractivity contribution is -0.137. The molecule has 0 spiro atoms. The molecule has 0 aliphatic carbocycles. The third kappa shape index (κ3) is 22.1. The molecule has 2 atom stereocenters. The first-order chi connectivity index (χ1) is 15.9. The zero-order valence-electron chi connectivity index (χ0n) is 21.7.